The van der Waals surface area contributed by atoms with Crippen molar-refractivity contribution in [1.29, 1.82) is 0 Å². The van der Waals surface area contributed by atoms with Gasteiger partial charge in [-0.15, -0.1) is 0 Å². The summed E-state index contributed by atoms with van der Waals surface area (Å²) in [7, 11) is -5.78. The number of aliphatic hydroxyl groups is 2. The molecule has 0 spiro atoms. The van der Waals surface area contributed by atoms with Gasteiger partial charge in [0.05, 0.1) is 18.8 Å². The third kappa shape index (κ3) is 5.01. The second-order valence-electron chi connectivity index (χ2n) is 12.5. The zero-order chi connectivity index (χ0) is 27.4. The number of fused-ring (bicyclic) bond motifs is 5. The summed E-state index contributed by atoms with van der Waals surface area (Å²) < 4.78 is 65.0. The molecule has 4 rings (SSSR count). The number of sulfonamides is 1. The van der Waals surface area contributed by atoms with Crippen LogP contribution in [0.3, 0.4) is 0 Å². The average Bonchev–Trinajstić information content (AvgIpc) is 3.13. The molecule has 4 aliphatic rings. The molecule has 0 aliphatic heterocycles. The van der Waals surface area contributed by atoms with Crippen molar-refractivity contribution in [3.63, 3.8) is 0 Å². The van der Waals surface area contributed by atoms with Gasteiger partial charge in [-0.2, -0.15) is 21.6 Å². The summed E-state index contributed by atoms with van der Waals surface area (Å²) in [6.45, 7) is 6.68. The highest BCUT2D eigenvalue weighted by Crippen LogP contribution is 2.69. The lowest BCUT2D eigenvalue weighted by molar-refractivity contribution is -0.202. The fourth-order valence-corrected chi connectivity index (χ4v) is 9.63. The third-order valence-corrected chi connectivity index (χ3v) is 12.1. The van der Waals surface area contributed by atoms with E-state index in [4.69, 9.17) is 4.74 Å². The van der Waals surface area contributed by atoms with Gasteiger partial charge >= 0.3 is 21.6 Å². The lowest BCUT2D eigenvalue weighted by Gasteiger charge is -2.64. The number of carbonyl (C=O) groups excluding carboxylic acids is 1. The predicted octanol–water partition coefficient (Wildman–Crippen LogP) is 4.97. The largest absolute Gasteiger partial charge is 0.516 e. The second kappa shape index (κ2) is 10.2. The van der Waals surface area contributed by atoms with E-state index >= 15 is 0 Å². The smallest absolute Gasteiger partial charge is 0.449 e. The SMILES string of the molecule is CC[C@H]1[C@@H](O)[C@@H]2[C@H](CC[C@]3(C)[C@@H](CCCOC(=O)NS(=O)(=O)C(F)(F)F)CC[C@@H]23)[C@@]2(C)CC[C@@H](O)C[C@@H]12. The molecule has 37 heavy (non-hydrogen) atoms. The van der Waals surface area contributed by atoms with Crippen LogP contribution in [-0.2, 0) is 14.8 Å². The number of hydrogen-bond acceptors (Lipinski definition) is 6. The standard InChI is InChI=1S/C26H42F3NO6S/c1-4-17-20-14-16(31)9-11-25(20,3)19-10-12-24(2)15(7-8-18(24)21(19)22(17)32)6-5-13-36-23(33)30-37(34,35)26(27,28)29/h15-22,31-32H,4-14H2,1-3H3,(H,30,33)/t15-,16+,17+,18-,19-,20-,21-,22+,24+,25+/m0/s1. The van der Waals surface area contributed by atoms with Crippen LogP contribution in [0.2, 0.25) is 0 Å². The van der Waals surface area contributed by atoms with Crippen LogP contribution < -0.4 is 4.72 Å². The number of halogens is 3. The van der Waals surface area contributed by atoms with Crippen molar-refractivity contribution in [2.45, 2.75) is 103 Å². The summed E-state index contributed by atoms with van der Waals surface area (Å²) >= 11 is 0. The van der Waals surface area contributed by atoms with E-state index in [1.54, 1.807) is 0 Å². The third-order valence-electron chi connectivity index (χ3n) is 11.0. The van der Waals surface area contributed by atoms with Gasteiger partial charge in [-0.3, -0.25) is 0 Å². The highest BCUT2D eigenvalue weighted by molar-refractivity contribution is 7.90. The van der Waals surface area contributed by atoms with Gasteiger partial charge in [0.25, 0.3) is 0 Å². The summed E-state index contributed by atoms with van der Waals surface area (Å²) in [4.78, 5) is 11.6. The van der Waals surface area contributed by atoms with Crippen LogP contribution in [0.15, 0.2) is 0 Å². The minimum atomic E-state index is -5.78. The highest BCUT2D eigenvalue weighted by atomic mass is 32.2. The van der Waals surface area contributed by atoms with Crippen molar-refractivity contribution in [3.8, 4) is 0 Å². The molecule has 214 valence electrons. The Morgan fingerprint density at radius 1 is 1.03 bits per heavy atom. The van der Waals surface area contributed by atoms with Crippen LogP contribution in [-0.4, -0.2) is 49.0 Å². The number of nitrogens with one attached hydrogen (secondary N) is 1. The predicted molar refractivity (Wildman–Crippen MR) is 130 cm³/mol. The normalized spacial score (nSPS) is 43.9. The van der Waals surface area contributed by atoms with Gasteiger partial charge in [0.2, 0.25) is 0 Å². The maximum atomic E-state index is 12.4. The molecular formula is C26H42F3NO6S. The number of alkyl halides is 3. The molecule has 10 atom stereocenters. The minimum Gasteiger partial charge on any atom is -0.449 e. The van der Waals surface area contributed by atoms with E-state index in [9.17, 15) is 36.6 Å². The van der Waals surface area contributed by atoms with Gasteiger partial charge in [-0.05, 0) is 104 Å². The number of hydrogen-bond donors (Lipinski definition) is 3. The van der Waals surface area contributed by atoms with Crippen molar-refractivity contribution >= 4 is 16.1 Å². The summed E-state index contributed by atoms with van der Waals surface area (Å²) in [6.07, 6.45) is 6.46. The Morgan fingerprint density at radius 3 is 2.32 bits per heavy atom. The molecule has 0 aromatic heterocycles. The minimum absolute atomic E-state index is 0.0275. The molecule has 0 bridgehead atoms. The van der Waals surface area contributed by atoms with Gasteiger partial charge < -0.3 is 14.9 Å². The Labute approximate surface area is 218 Å². The molecule has 0 saturated heterocycles. The van der Waals surface area contributed by atoms with Crippen LogP contribution >= 0.6 is 0 Å². The van der Waals surface area contributed by atoms with Gasteiger partial charge in [0, 0.05) is 0 Å². The maximum absolute atomic E-state index is 12.4. The van der Waals surface area contributed by atoms with E-state index in [1.807, 2.05) is 0 Å². The Hall–Kier alpha value is -1.07. The van der Waals surface area contributed by atoms with E-state index in [0.29, 0.717) is 30.1 Å². The van der Waals surface area contributed by atoms with Crippen molar-refractivity contribution < 1.29 is 41.3 Å². The molecule has 11 heteroatoms. The lowest BCUT2D eigenvalue weighted by atomic mass is 9.41. The van der Waals surface area contributed by atoms with Gasteiger partial charge in [-0.1, -0.05) is 27.2 Å². The Kier molecular flexibility index (Phi) is 7.94. The fourth-order valence-electron chi connectivity index (χ4n) is 9.23. The van der Waals surface area contributed by atoms with Crippen molar-refractivity contribution in [2.75, 3.05) is 6.61 Å². The van der Waals surface area contributed by atoms with E-state index in [0.717, 1.165) is 62.5 Å². The van der Waals surface area contributed by atoms with Crippen LogP contribution in [0.1, 0.15) is 85.0 Å². The molecular weight excluding hydrogens is 511 g/mol. The number of rotatable bonds is 6. The van der Waals surface area contributed by atoms with Gasteiger partial charge in [0.1, 0.15) is 0 Å². The van der Waals surface area contributed by atoms with E-state index in [1.165, 1.54) is 0 Å². The van der Waals surface area contributed by atoms with Crippen molar-refractivity contribution in [3.05, 3.63) is 0 Å². The first kappa shape index (κ1) is 28.9. The van der Waals surface area contributed by atoms with Crippen LogP contribution in [0.25, 0.3) is 0 Å². The number of amides is 1. The van der Waals surface area contributed by atoms with E-state index in [-0.39, 0.29) is 41.5 Å². The van der Waals surface area contributed by atoms with E-state index in [2.05, 4.69) is 20.8 Å². The van der Waals surface area contributed by atoms with Crippen LogP contribution in [0.5, 0.6) is 0 Å². The molecule has 4 saturated carbocycles. The molecule has 4 fully saturated rings. The quantitative estimate of drug-likeness (QED) is 0.401. The topological polar surface area (TPSA) is 113 Å². The Morgan fingerprint density at radius 2 is 1.68 bits per heavy atom. The summed E-state index contributed by atoms with van der Waals surface area (Å²) in [5.41, 5.74) is -5.42. The average molecular weight is 554 g/mol. The molecule has 1 amide bonds. The first-order valence-corrected chi connectivity index (χ1v) is 15.3. The summed E-state index contributed by atoms with van der Waals surface area (Å²) in [5, 5.41) is 22.1. The number of carbonyl (C=O) groups is 1. The zero-order valence-electron chi connectivity index (χ0n) is 22.0. The first-order chi connectivity index (χ1) is 17.2. The first-order valence-electron chi connectivity index (χ1n) is 13.8. The zero-order valence-corrected chi connectivity index (χ0v) is 22.8. The van der Waals surface area contributed by atoms with Crippen LogP contribution in [0, 0.1) is 46.3 Å². The maximum Gasteiger partial charge on any atom is 0.516 e. The van der Waals surface area contributed by atoms with Crippen molar-refractivity contribution in [2.24, 2.45) is 46.3 Å². The highest BCUT2D eigenvalue weighted by Gasteiger charge is 2.64. The van der Waals surface area contributed by atoms with Gasteiger partial charge in [-0.25, -0.2) is 9.52 Å². The summed E-state index contributed by atoms with van der Waals surface area (Å²) in [6, 6.07) is 0. The van der Waals surface area contributed by atoms with Crippen LogP contribution in [0.4, 0.5) is 18.0 Å². The van der Waals surface area contributed by atoms with Crippen molar-refractivity contribution in [1.82, 2.24) is 4.72 Å². The molecule has 0 unspecified atom stereocenters. The Balaban J connectivity index is 1.39. The number of aliphatic hydroxyl groups excluding tert-OH is 2. The molecule has 3 N–H and O–H groups in total. The molecule has 0 radical (unpaired) electrons. The molecule has 4 aliphatic carbocycles. The fraction of sp³-hybridized carbons (Fsp3) is 0.962. The monoisotopic (exact) mass is 553 g/mol. The second-order valence-corrected chi connectivity index (χ2v) is 14.2. The Bertz CT molecular complexity index is 960. The summed E-state index contributed by atoms with van der Waals surface area (Å²) in [5.74, 6) is 1.90. The molecule has 0 heterocycles. The molecule has 7 nitrogen and oxygen atoms in total. The molecule has 0 aromatic carbocycles. The van der Waals surface area contributed by atoms with E-state index < -0.39 is 21.6 Å². The number of ether oxygens (including phenoxy) is 1. The lowest BCUT2D eigenvalue weighted by Crippen LogP contribution is -2.62. The molecule has 0 aromatic rings. The van der Waals surface area contributed by atoms with Gasteiger partial charge in [0.15, 0.2) is 0 Å².